The summed E-state index contributed by atoms with van der Waals surface area (Å²) in [7, 11) is 0. The third kappa shape index (κ3) is 3.17. The zero-order chi connectivity index (χ0) is 14.8. The number of hydrogen-bond acceptors (Lipinski definition) is 4. The minimum Gasteiger partial charge on any atom is -0.481 e. The molecule has 1 aliphatic heterocycles. The quantitative estimate of drug-likeness (QED) is 0.856. The summed E-state index contributed by atoms with van der Waals surface area (Å²) in [5.74, 6) is -0.429. The lowest BCUT2D eigenvalue weighted by molar-refractivity contribution is -0.133. The van der Waals surface area contributed by atoms with Crippen LogP contribution in [0.2, 0.25) is 5.02 Å². The molecule has 0 bridgehead atoms. The molecule has 1 saturated heterocycles. The van der Waals surface area contributed by atoms with Crippen molar-refractivity contribution in [2.75, 3.05) is 19.0 Å². The van der Waals surface area contributed by atoms with Crippen molar-refractivity contribution in [1.82, 2.24) is 9.55 Å². The van der Waals surface area contributed by atoms with Crippen LogP contribution in [-0.2, 0) is 16.1 Å². The maximum absolute atomic E-state index is 10.8. The standard InChI is InChI=1S/C14H15ClN2O3S/c15-10-2-1-3-11-13(10)16-14(21-8-12(18)19)17(11)6-9-4-5-20-7-9/h1-3,9H,4-8H2,(H,18,19). The first-order valence-electron chi connectivity index (χ1n) is 6.72. The van der Waals surface area contributed by atoms with Crippen LogP contribution in [0.1, 0.15) is 6.42 Å². The molecular weight excluding hydrogens is 312 g/mol. The van der Waals surface area contributed by atoms with Crippen LogP contribution in [-0.4, -0.2) is 39.6 Å². The highest BCUT2D eigenvalue weighted by atomic mass is 35.5. The molecule has 1 N–H and O–H groups in total. The highest BCUT2D eigenvalue weighted by Gasteiger charge is 2.21. The maximum atomic E-state index is 10.8. The number of fused-ring (bicyclic) bond motifs is 1. The first kappa shape index (κ1) is 14.7. The lowest BCUT2D eigenvalue weighted by Gasteiger charge is -2.12. The number of carboxylic acid groups (broad SMARTS) is 1. The third-order valence-electron chi connectivity index (χ3n) is 3.48. The van der Waals surface area contributed by atoms with E-state index in [2.05, 4.69) is 9.55 Å². The molecular formula is C14H15ClN2O3S. The van der Waals surface area contributed by atoms with Gasteiger partial charge >= 0.3 is 5.97 Å². The van der Waals surface area contributed by atoms with Crippen molar-refractivity contribution < 1.29 is 14.6 Å². The Hall–Kier alpha value is -1.24. The van der Waals surface area contributed by atoms with Gasteiger partial charge in [-0.25, -0.2) is 4.98 Å². The molecule has 5 nitrogen and oxygen atoms in total. The summed E-state index contributed by atoms with van der Waals surface area (Å²) in [5, 5.41) is 10.2. The number of carbonyl (C=O) groups is 1. The maximum Gasteiger partial charge on any atom is 0.313 e. The second-order valence-corrected chi connectivity index (χ2v) is 6.37. The molecule has 7 heteroatoms. The normalized spacial score (nSPS) is 18.4. The predicted octanol–water partition coefficient (Wildman–Crippen LogP) is 2.90. The Kier molecular flexibility index (Phi) is 4.37. The van der Waals surface area contributed by atoms with Crippen LogP contribution in [0.15, 0.2) is 23.4 Å². The van der Waals surface area contributed by atoms with Gasteiger partial charge in [-0.3, -0.25) is 4.79 Å². The number of carboxylic acids is 1. The average Bonchev–Trinajstić information content (AvgIpc) is 3.07. The van der Waals surface area contributed by atoms with E-state index in [-0.39, 0.29) is 5.75 Å². The van der Waals surface area contributed by atoms with E-state index in [0.717, 1.165) is 37.2 Å². The van der Waals surface area contributed by atoms with E-state index in [1.54, 1.807) is 6.07 Å². The van der Waals surface area contributed by atoms with Crippen molar-refractivity contribution in [3.05, 3.63) is 23.2 Å². The van der Waals surface area contributed by atoms with Crippen molar-refractivity contribution in [3.8, 4) is 0 Å². The van der Waals surface area contributed by atoms with Crippen molar-refractivity contribution >= 4 is 40.4 Å². The Bertz CT molecular complexity index is 668. The molecule has 1 aromatic carbocycles. The largest absolute Gasteiger partial charge is 0.481 e. The second kappa shape index (κ2) is 6.25. The van der Waals surface area contributed by atoms with Crippen molar-refractivity contribution in [3.63, 3.8) is 0 Å². The molecule has 112 valence electrons. The van der Waals surface area contributed by atoms with Crippen LogP contribution in [0, 0.1) is 5.92 Å². The van der Waals surface area contributed by atoms with Gasteiger partial charge in [0.15, 0.2) is 5.16 Å². The lowest BCUT2D eigenvalue weighted by atomic mass is 10.1. The molecule has 0 radical (unpaired) electrons. The van der Waals surface area contributed by atoms with E-state index in [1.165, 1.54) is 11.8 Å². The number of benzene rings is 1. The Balaban J connectivity index is 1.97. The number of nitrogens with zero attached hydrogens (tertiary/aromatic N) is 2. The van der Waals surface area contributed by atoms with E-state index in [4.69, 9.17) is 21.4 Å². The Morgan fingerprint density at radius 1 is 1.57 bits per heavy atom. The molecule has 21 heavy (non-hydrogen) atoms. The average molecular weight is 327 g/mol. The monoisotopic (exact) mass is 326 g/mol. The number of rotatable bonds is 5. The first-order chi connectivity index (χ1) is 10.1. The van der Waals surface area contributed by atoms with E-state index in [0.29, 0.717) is 16.1 Å². The highest BCUT2D eigenvalue weighted by molar-refractivity contribution is 7.99. The minimum atomic E-state index is -0.853. The Morgan fingerprint density at radius 2 is 2.43 bits per heavy atom. The van der Waals surface area contributed by atoms with E-state index < -0.39 is 5.97 Å². The molecule has 0 saturated carbocycles. The zero-order valence-corrected chi connectivity index (χ0v) is 12.9. The fourth-order valence-electron chi connectivity index (χ4n) is 2.49. The number of aliphatic carboxylic acids is 1. The molecule has 0 spiro atoms. The molecule has 1 aliphatic rings. The Morgan fingerprint density at radius 3 is 3.14 bits per heavy atom. The van der Waals surface area contributed by atoms with Gasteiger partial charge in [0.1, 0.15) is 5.52 Å². The molecule has 2 aromatic rings. The van der Waals surface area contributed by atoms with E-state index >= 15 is 0 Å². The molecule has 0 amide bonds. The van der Waals surface area contributed by atoms with Gasteiger partial charge in [-0.2, -0.15) is 0 Å². The summed E-state index contributed by atoms with van der Waals surface area (Å²) < 4.78 is 7.48. The smallest absolute Gasteiger partial charge is 0.313 e. The van der Waals surface area contributed by atoms with Crippen LogP contribution in [0.3, 0.4) is 0 Å². The summed E-state index contributed by atoms with van der Waals surface area (Å²) in [5.41, 5.74) is 1.67. The topological polar surface area (TPSA) is 64.3 Å². The van der Waals surface area contributed by atoms with Crippen LogP contribution in [0.5, 0.6) is 0 Å². The highest BCUT2D eigenvalue weighted by Crippen LogP contribution is 2.30. The number of thioether (sulfide) groups is 1. The Labute approximate surface area is 131 Å². The van der Waals surface area contributed by atoms with Gasteiger partial charge in [0.05, 0.1) is 22.9 Å². The number of halogens is 1. The van der Waals surface area contributed by atoms with Gasteiger partial charge in [0.25, 0.3) is 0 Å². The van der Waals surface area contributed by atoms with Crippen molar-refractivity contribution in [2.45, 2.75) is 18.1 Å². The van der Waals surface area contributed by atoms with Gasteiger partial charge < -0.3 is 14.4 Å². The molecule has 0 aliphatic carbocycles. The SMILES string of the molecule is O=C(O)CSc1nc2c(Cl)cccc2n1CC1CCOC1. The second-order valence-electron chi connectivity index (χ2n) is 5.02. The van der Waals surface area contributed by atoms with Gasteiger partial charge in [-0.05, 0) is 18.6 Å². The summed E-state index contributed by atoms with van der Waals surface area (Å²) in [6.45, 7) is 2.30. The minimum absolute atomic E-state index is 0.0118. The summed E-state index contributed by atoms with van der Waals surface area (Å²) in [6, 6.07) is 5.65. The van der Waals surface area contributed by atoms with Crippen LogP contribution in [0.25, 0.3) is 11.0 Å². The summed E-state index contributed by atoms with van der Waals surface area (Å²) in [4.78, 5) is 15.3. The van der Waals surface area contributed by atoms with Crippen LogP contribution < -0.4 is 0 Å². The lowest BCUT2D eigenvalue weighted by Crippen LogP contribution is -2.12. The molecule has 2 heterocycles. The van der Waals surface area contributed by atoms with Gasteiger partial charge in [-0.15, -0.1) is 0 Å². The van der Waals surface area contributed by atoms with Gasteiger partial charge in [0.2, 0.25) is 0 Å². The predicted molar refractivity (Wildman–Crippen MR) is 82.0 cm³/mol. The first-order valence-corrected chi connectivity index (χ1v) is 8.08. The fraction of sp³-hybridized carbons (Fsp3) is 0.429. The van der Waals surface area contributed by atoms with Gasteiger partial charge in [0, 0.05) is 19.1 Å². The van der Waals surface area contributed by atoms with Crippen molar-refractivity contribution in [2.24, 2.45) is 5.92 Å². The molecule has 1 atom stereocenters. The number of hydrogen-bond donors (Lipinski definition) is 1. The molecule has 1 unspecified atom stereocenters. The fourth-order valence-corrected chi connectivity index (χ4v) is 3.44. The van der Waals surface area contributed by atoms with Crippen LogP contribution >= 0.6 is 23.4 Å². The van der Waals surface area contributed by atoms with E-state index in [9.17, 15) is 4.79 Å². The number of ether oxygens (including phenoxy) is 1. The number of aromatic nitrogens is 2. The van der Waals surface area contributed by atoms with Crippen molar-refractivity contribution in [1.29, 1.82) is 0 Å². The summed E-state index contributed by atoms with van der Waals surface area (Å²) >= 11 is 7.42. The number of para-hydroxylation sites is 1. The molecule has 1 fully saturated rings. The molecule has 3 rings (SSSR count). The zero-order valence-electron chi connectivity index (χ0n) is 11.3. The van der Waals surface area contributed by atoms with Crippen LogP contribution in [0.4, 0.5) is 0 Å². The number of imidazole rings is 1. The molecule has 1 aromatic heterocycles. The third-order valence-corrected chi connectivity index (χ3v) is 4.75. The van der Waals surface area contributed by atoms with Gasteiger partial charge in [-0.1, -0.05) is 29.4 Å². The summed E-state index contributed by atoms with van der Waals surface area (Å²) in [6.07, 6.45) is 1.02. The van der Waals surface area contributed by atoms with E-state index in [1.807, 2.05) is 12.1 Å².